The van der Waals surface area contributed by atoms with Crippen LogP contribution in [0.5, 0.6) is 0 Å². The second-order valence-corrected chi connectivity index (χ2v) is 1.88. The molecule has 0 spiro atoms. The molecule has 0 unspecified atom stereocenters. The summed E-state index contributed by atoms with van der Waals surface area (Å²) in [5.41, 5.74) is 4.83. The molecule has 0 fully saturated rings. The Labute approximate surface area is 63.7 Å². The zero-order chi connectivity index (χ0) is 8.10. The van der Waals surface area contributed by atoms with E-state index in [2.05, 4.69) is 15.3 Å². The van der Waals surface area contributed by atoms with Crippen molar-refractivity contribution in [3.8, 4) is 0 Å². The topological polar surface area (TPSA) is 80.9 Å². The van der Waals surface area contributed by atoms with Gasteiger partial charge in [0.1, 0.15) is 5.82 Å². The first kappa shape index (κ1) is 7.46. The third kappa shape index (κ3) is 2.61. The number of carbonyl (C=O) groups excluding carboxylic acids is 1. The van der Waals surface area contributed by atoms with Crippen LogP contribution in [0.25, 0.3) is 0 Å². The molecule has 5 heteroatoms. The molecule has 0 saturated heterocycles. The molecule has 11 heavy (non-hydrogen) atoms. The average Bonchev–Trinajstić information content (AvgIpc) is 2.03. The molecule has 0 saturated carbocycles. The number of carbonyl (C=O) groups is 1. The monoisotopic (exact) mass is 152 g/mol. The van der Waals surface area contributed by atoms with E-state index in [0.717, 1.165) is 0 Å². The van der Waals surface area contributed by atoms with E-state index >= 15 is 0 Å². The summed E-state index contributed by atoms with van der Waals surface area (Å²) in [6.07, 6.45) is 3.20. The predicted molar refractivity (Wildman–Crippen MR) is 38.5 cm³/mol. The van der Waals surface area contributed by atoms with Gasteiger partial charge in [0.25, 0.3) is 0 Å². The molecule has 58 valence electrons. The fourth-order valence-electron chi connectivity index (χ4n) is 0.587. The van der Waals surface area contributed by atoms with Crippen molar-refractivity contribution in [3.63, 3.8) is 0 Å². The summed E-state index contributed by atoms with van der Waals surface area (Å²) in [5, 5.41) is 2.38. The fourth-order valence-corrected chi connectivity index (χ4v) is 0.587. The summed E-state index contributed by atoms with van der Waals surface area (Å²) in [6.45, 7) is 0.274. The van der Waals surface area contributed by atoms with Crippen molar-refractivity contribution < 1.29 is 4.79 Å². The zero-order valence-electron chi connectivity index (χ0n) is 5.82. The number of nitrogens with two attached hydrogens (primary N) is 1. The highest BCUT2D eigenvalue weighted by molar-refractivity contribution is 5.71. The highest BCUT2D eigenvalue weighted by Crippen LogP contribution is 1.84. The van der Waals surface area contributed by atoms with Crippen LogP contribution in [0.15, 0.2) is 18.5 Å². The summed E-state index contributed by atoms with van der Waals surface area (Å²) in [6, 6.07) is 1.13. The van der Waals surface area contributed by atoms with E-state index in [1.165, 1.54) is 0 Å². The first-order valence-corrected chi connectivity index (χ1v) is 3.08. The number of amides is 2. The molecule has 1 aromatic heterocycles. The highest BCUT2D eigenvalue weighted by Gasteiger charge is 1.94. The van der Waals surface area contributed by atoms with Gasteiger partial charge in [0.2, 0.25) is 0 Å². The summed E-state index contributed by atoms with van der Waals surface area (Å²) >= 11 is 0. The van der Waals surface area contributed by atoms with Gasteiger partial charge in [-0.3, -0.25) is 0 Å². The van der Waals surface area contributed by atoms with Crippen molar-refractivity contribution in [2.75, 3.05) is 0 Å². The lowest BCUT2D eigenvalue weighted by atomic mass is 10.5. The molecule has 0 aliphatic rings. The summed E-state index contributed by atoms with van der Waals surface area (Å²) in [5.74, 6) is 0.548. The number of hydrogen-bond acceptors (Lipinski definition) is 3. The SMILES string of the molecule is NC(=O)NCc1ncccn1. The van der Waals surface area contributed by atoms with Crippen molar-refractivity contribution in [1.29, 1.82) is 0 Å². The van der Waals surface area contributed by atoms with Gasteiger partial charge in [-0.2, -0.15) is 0 Å². The summed E-state index contributed by atoms with van der Waals surface area (Å²) in [7, 11) is 0. The Morgan fingerprint density at radius 3 is 2.73 bits per heavy atom. The van der Waals surface area contributed by atoms with E-state index in [1.54, 1.807) is 18.5 Å². The first-order valence-electron chi connectivity index (χ1n) is 3.08. The minimum absolute atomic E-state index is 0.274. The van der Waals surface area contributed by atoms with Crippen molar-refractivity contribution >= 4 is 6.03 Å². The molecule has 2 amide bonds. The molecule has 1 aromatic rings. The quantitative estimate of drug-likeness (QED) is 0.607. The van der Waals surface area contributed by atoms with Gasteiger partial charge in [0.15, 0.2) is 0 Å². The van der Waals surface area contributed by atoms with Crippen molar-refractivity contribution in [3.05, 3.63) is 24.3 Å². The van der Waals surface area contributed by atoms with Gasteiger partial charge in [0, 0.05) is 12.4 Å². The lowest BCUT2D eigenvalue weighted by Crippen LogP contribution is -2.29. The van der Waals surface area contributed by atoms with Gasteiger partial charge < -0.3 is 11.1 Å². The average molecular weight is 152 g/mol. The maximum absolute atomic E-state index is 10.2. The number of aromatic nitrogens is 2. The van der Waals surface area contributed by atoms with Gasteiger partial charge in [-0.1, -0.05) is 0 Å². The number of nitrogens with zero attached hydrogens (tertiary/aromatic N) is 2. The van der Waals surface area contributed by atoms with Crippen LogP contribution in [0.2, 0.25) is 0 Å². The third-order valence-electron chi connectivity index (χ3n) is 1.04. The Morgan fingerprint density at radius 1 is 1.55 bits per heavy atom. The minimum Gasteiger partial charge on any atom is -0.352 e. The van der Waals surface area contributed by atoms with Gasteiger partial charge in [0.05, 0.1) is 6.54 Å². The van der Waals surface area contributed by atoms with E-state index in [4.69, 9.17) is 5.73 Å². The van der Waals surface area contributed by atoms with Crippen molar-refractivity contribution in [2.24, 2.45) is 5.73 Å². The van der Waals surface area contributed by atoms with Crippen molar-refractivity contribution in [1.82, 2.24) is 15.3 Å². The van der Waals surface area contributed by atoms with E-state index in [-0.39, 0.29) is 6.54 Å². The molecule has 5 nitrogen and oxygen atoms in total. The lowest BCUT2D eigenvalue weighted by molar-refractivity contribution is 0.248. The molecule has 0 atom stereocenters. The molecule has 0 aromatic carbocycles. The summed E-state index contributed by atoms with van der Waals surface area (Å²) < 4.78 is 0. The molecule has 0 bridgehead atoms. The molecular formula is C6H8N4O. The third-order valence-corrected chi connectivity index (χ3v) is 1.04. The lowest BCUT2D eigenvalue weighted by Gasteiger charge is -1.97. The van der Waals surface area contributed by atoms with Crippen LogP contribution >= 0.6 is 0 Å². The van der Waals surface area contributed by atoms with E-state index in [1.807, 2.05) is 0 Å². The smallest absolute Gasteiger partial charge is 0.312 e. The molecule has 3 N–H and O–H groups in total. The van der Waals surface area contributed by atoms with Crippen LogP contribution < -0.4 is 11.1 Å². The Hall–Kier alpha value is -1.65. The van der Waals surface area contributed by atoms with Crippen LogP contribution in [0.4, 0.5) is 4.79 Å². The number of primary amides is 1. The molecular weight excluding hydrogens is 144 g/mol. The van der Waals surface area contributed by atoms with E-state index in [9.17, 15) is 4.79 Å². The Kier molecular flexibility index (Phi) is 2.37. The summed E-state index contributed by atoms with van der Waals surface area (Å²) in [4.78, 5) is 18.0. The Morgan fingerprint density at radius 2 is 2.18 bits per heavy atom. The molecule has 0 radical (unpaired) electrons. The van der Waals surface area contributed by atoms with Crippen LogP contribution in [0.3, 0.4) is 0 Å². The highest BCUT2D eigenvalue weighted by atomic mass is 16.2. The fraction of sp³-hybridized carbons (Fsp3) is 0.167. The van der Waals surface area contributed by atoms with Gasteiger partial charge in [-0.05, 0) is 6.07 Å². The van der Waals surface area contributed by atoms with Crippen LogP contribution in [-0.2, 0) is 6.54 Å². The molecule has 1 rings (SSSR count). The zero-order valence-corrected chi connectivity index (χ0v) is 5.82. The van der Waals surface area contributed by atoms with Gasteiger partial charge >= 0.3 is 6.03 Å². The van der Waals surface area contributed by atoms with Crippen LogP contribution in [0, 0.1) is 0 Å². The Balaban J connectivity index is 2.45. The van der Waals surface area contributed by atoms with Crippen LogP contribution in [-0.4, -0.2) is 16.0 Å². The standard InChI is InChI=1S/C6H8N4O/c7-6(11)10-4-5-8-2-1-3-9-5/h1-3H,4H2,(H3,7,10,11). The van der Waals surface area contributed by atoms with Gasteiger partial charge in [-0.25, -0.2) is 14.8 Å². The van der Waals surface area contributed by atoms with Gasteiger partial charge in [-0.15, -0.1) is 0 Å². The predicted octanol–water partition coefficient (Wildman–Crippen LogP) is -0.355. The first-order chi connectivity index (χ1) is 5.29. The molecule has 0 aliphatic heterocycles. The minimum atomic E-state index is -0.572. The Bertz CT molecular complexity index is 236. The number of urea groups is 1. The normalized spacial score (nSPS) is 9.09. The number of hydrogen-bond donors (Lipinski definition) is 2. The largest absolute Gasteiger partial charge is 0.352 e. The second kappa shape index (κ2) is 3.50. The maximum Gasteiger partial charge on any atom is 0.312 e. The second-order valence-electron chi connectivity index (χ2n) is 1.88. The molecule has 0 aliphatic carbocycles. The van der Waals surface area contributed by atoms with Crippen molar-refractivity contribution in [2.45, 2.75) is 6.54 Å². The van der Waals surface area contributed by atoms with E-state index in [0.29, 0.717) is 5.82 Å². The number of rotatable bonds is 2. The number of nitrogens with one attached hydrogen (secondary N) is 1. The van der Waals surface area contributed by atoms with E-state index < -0.39 is 6.03 Å². The van der Waals surface area contributed by atoms with Crippen LogP contribution in [0.1, 0.15) is 5.82 Å². The maximum atomic E-state index is 10.2. The molecule has 1 heterocycles.